The van der Waals surface area contributed by atoms with E-state index in [1.54, 1.807) is 12.4 Å². The molecule has 0 bridgehead atoms. The van der Waals surface area contributed by atoms with E-state index in [1.807, 2.05) is 24.5 Å². The maximum absolute atomic E-state index is 4.20. The Morgan fingerprint density at radius 3 is 2.36 bits per heavy atom. The van der Waals surface area contributed by atoms with Gasteiger partial charge in [0, 0.05) is 30.4 Å². The summed E-state index contributed by atoms with van der Waals surface area (Å²) in [6.07, 6.45) is 7.39. The fraction of sp³-hybridized carbons (Fsp3) is 0.167. The third-order valence-corrected chi connectivity index (χ3v) is 2.46. The number of rotatable bonds is 1. The zero-order chi connectivity index (χ0) is 9.97. The molecular formula is C12H12N2. The number of nitrogens with zero attached hydrogens (tertiary/aromatic N) is 2. The van der Waals surface area contributed by atoms with Gasteiger partial charge in [0.25, 0.3) is 0 Å². The molecule has 0 aliphatic carbocycles. The summed E-state index contributed by atoms with van der Waals surface area (Å²) in [6.45, 7) is 4.19. The maximum Gasteiger partial charge on any atom is 0.0349 e. The summed E-state index contributed by atoms with van der Waals surface area (Å²) in [6, 6.07) is 4.01. The van der Waals surface area contributed by atoms with Crippen molar-refractivity contribution in [3.05, 3.63) is 48.0 Å². The molecule has 0 N–H and O–H groups in total. The summed E-state index contributed by atoms with van der Waals surface area (Å²) in [7, 11) is 0. The second kappa shape index (κ2) is 3.58. The zero-order valence-electron chi connectivity index (χ0n) is 8.36. The van der Waals surface area contributed by atoms with Crippen molar-refractivity contribution >= 4 is 0 Å². The van der Waals surface area contributed by atoms with Crippen molar-refractivity contribution in [2.75, 3.05) is 0 Å². The molecule has 2 nitrogen and oxygen atoms in total. The fourth-order valence-corrected chi connectivity index (χ4v) is 1.45. The van der Waals surface area contributed by atoms with Gasteiger partial charge in [-0.25, -0.2) is 0 Å². The average molecular weight is 184 g/mol. The van der Waals surface area contributed by atoms with E-state index < -0.39 is 0 Å². The van der Waals surface area contributed by atoms with Crippen molar-refractivity contribution in [3.63, 3.8) is 0 Å². The molecule has 0 aromatic carbocycles. The Morgan fingerprint density at radius 2 is 1.64 bits per heavy atom. The molecule has 2 heterocycles. The van der Waals surface area contributed by atoms with Crippen LogP contribution in [0.5, 0.6) is 0 Å². The molecular weight excluding hydrogens is 172 g/mol. The lowest BCUT2D eigenvalue weighted by molar-refractivity contribution is 1.21. The molecule has 2 rings (SSSR count). The molecule has 0 radical (unpaired) electrons. The van der Waals surface area contributed by atoms with E-state index >= 15 is 0 Å². The van der Waals surface area contributed by atoms with Crippen LogP contribution in [0.15, 0.2) is 36.9 Å². The van der Waals surface area contributed by atoms with Crippen molar-refractivity contribution in [2.24, 2.45) is 0 Å². The van der Waals surface area contributed by atoms with Crippen molar-refractivity contribution in [1.29, 1.82) is 0 Å². The highest BCUT2D eigenvalue weighted by atomic mass is 14.6. The van der Waals surface area contributed by atoms with Gasteiger partial charge >= 0.3 is 0 Å². The fourth-order valence-electron chi connectivity index (χ4n) is 1.45. The van der Waals surface area contributed by atoms with Crippen LogP contribution in [-0.4, -0.2) is 9.97 Å². The van der Waals surface area contributed by atoms with E-state index in [1.165, 1.54) is 22.3 Å². The van der Waals surface area contributed by atoms with Crippen molar-refractivity contribution in [1.82, 2.24) is 9.97 Å². The van der Waals surface area contributed by atoms with Crippen LogP contribution in [0.3, 0.4) is 0 Å². The topological polar surface area (TPSA) is 25.8 Å². The van der Waals surface area contributed by atoms with Gasteiger partial charge in [0.15, 0.2) is 0 Å². The van der Waals surface area contributed by atoms with E-state index in [4.69, 9.17) is 0 Å². The Morgan fingerprint density at radius 1 is 0.929 bits per heavy atom. The smallest absolute Gasteiger partial charge is 0.0349 e. The van der Waals surface area contributed by atoms with Gasteiger partial charge in [-0.3, -0.25) is 9.97 Å². The van der Waals surface area contributed by atoms with Crippen LogP contribution in [0.2, 0.25) is 0 Å². The number of aromatic nitrogens is 2. The molecule has 0 spiro atoms. The molecule has 0 saturated heterocycles. The van der Waals surface area contributed by atoms with E-state index in [0.717, 1.165) is 0 Å². The molecule has 0 saturated carbocycles. The van der Waals surface area contributed by atoms with Gasteiger partial charge in [-0.2, -0.15) is 0 Å². The SMILES string of the molecule is Cc1cncc(-c2ccncc2)c1C. The van der Waals surface area contributed by atoms with Crippen molar-refractivity contribution in [3.8, 4) is 11.1 Å². The van der Waals surface area contributed by atoms with Gasteiger partial charge in [-0.15, -0.1) is 0 Å². The number of hydrogen-bond donors (Lipinski definition) is 0. The van der Waals surface area contributed by atoms with Crippen LogP contribution >= 0.6 is 0 Å². The average Bonchev–Trinajstić information content (AvgIpc) is 2.23. The minimum atomic E-state index is 1.17. The highest BCUT2D eigenvalue weighted by Crippen LogP contribution is 2.23. The first-order valence-corrected chi connectivity index (χ1v) is 4.60. The minimum absolute atomic E-state index is 1.17. The summed E-state index contributed by atoms with van der Waals surface area (Å²) in [5, 5.41) is 0. The van der Waals surface area contributed by atoms with Gasteiger partial charge in [0.05, 0.1) is 0 Å². The van der Waals surface area contributed by atoms with Crippen LogP contribution in [0.1, 0.15) is 11.1 Å². The Bertz CT molecular complexity index is 435. The second-order valence-electron chi connectivity index (χ2n) is 3.36. The second-order valence-corrected chi connectivity index (χ2v) is 3.36. The zero-order valence-corrected chi connectivity index (χ0v) is 8.36. The maximum atomic E-state index is 4.20. The van der Waals surface area contributed by atoms with Crippen molar-refractivity contribution < 1.29 is 0 Å². The number of pyridine rings is 2. The molecule has 14 heavy (non-hydrogen) atoms. The molecule has 0 unspecified atom stereocenters. The molecule has 2 aromatic heterocycles. The summed E-state index contributed by atoms with van der Waals surface area (Å²) < 4.78 is 0. The Balaban J connectivity index is 2.58. The predicted molar refractivity (Wildman–Crippen MR) is 56.9 cm³/mol. The third kappa shape index (κ3) is 1.51. The van der Waals surface area contributed by atoms with Gasteiger partial charge in [-0.1, -0.05) is 0 Å². The first kappa shape index (κ1) is 8.88. The van der Waals surface area contributed by atoms with Crippen molar-refractivity contribution in [2.45, 2.75) is 13.8 Å². The van der Waals surface area contributed by atoms with Gasteiger partial charge in [0.1, 0.15) is 0 Å². The Labute approximate surface area is 83.7 Å². The largest absolute Gasteiger partial charge is 0.265 e. The van der Waals surface area contributed by atoms with E-state index in [2.05, 4.69) is 23.8 Å². The lowest BCUT2D eigenvalue weighted by atomic mass is 10.0. The van der Waals surface area contributed by atoms with Crippen LogP contribution in [0, 0.1) is 13.8 Å². The Kier molecular flexibility index (Phi) is 2.27. The van der Waals surface area contributed by atoms with Gasteiger partial charge < -0.3 is 0 Å². The summed E-state index contributed by atoms with van der Waals surface area (Å²) in [5.41, 5.74) is 4.87. The number of aryl methyl sites for hydroxylation is 1. The number of hydrogen-bond acceptors (Lipinski definition) is 2. The van der Waals surface area contributed by atoms with E-state index in [9.17, 15) is 0 Å². The highest BCUT2D eigenvalue weighted by molar-refractivity contribution is 5.66. The lowest BCUT2D eigenvalue weighted by Gasteiger charge is -2.06. The van der Waals surface area contributed by atoms with Crippen LogP contribution in [0.4, 0.5) is 0 Å². The van der Waals surface area contributed by atoms with Gasteiger partial charge in [-0.05, 0) is 42.7 Å². The minimum Gasteiger partial charge on any atom is -0.265 e. The quantitative estimate of drug-likeness (QED) is 0.681. The van der Waals surface area contributed by atoms with E-state index in [-0.39, 0.29) is 0 Å². The lowest BCUT2D eigenvalue weighted by Crippen LogP contribution is -1.89. The Hall–Kier alpha value is -1.70. The molecule has 0 aliphatic heterocycles. The van der Waals surface area contributed by atoms with Crippen LogP contribution in [0.25, 0.3) is 11.1 Å². The van der Waals surface area contributed by atoms with Crippen LogP contribution in [-0.2, 0) is 0 Å². The van der Waals surface area contributed by atoms with E-state index in [0.29, 0.717) is 0 Å². The van der Waals surface area contributed by atoms with Crippen LogP contribution < -0.4 is 0 Å². The predicted octanol–water partition coefficient (Wildman–Crippen LogP) is 2.76. The first-order valence-electron chi connectivity index (χ1n) is 4.60. The summed E-state index contributed by atoms with van der Waals surface area (Å²) in [4.78, 5) is 8.20. The summed E-state index contributed by atoms with van der Waals surface area (Å²) in [5.74, 6) is 0. The molecule has 70 valence electrons. The molecule has 0 fully saturated rings. The highest BCUT2D eigenvalue weighted by Gasteiger charge is 2.02. The molecule has 0 atom stereocenters. The normalized spacial score (nSPS) is 10.1. The molecule has 2 heteroatoms. The standard InChI is InChI=1S/C12H12N2/c1-9-7-14-8-12(10(9)2)11-3-5-13-6-4-11/h3-8H,1-2H3. The molecule has 0 amide bonds. The molecule has 0 aliphatic rings. The third-order valence-electron chi connectivity index (χ3n) is 2.46. The monoisotopic (exact) mass is 184 g/mol. The molecule has 2 aromatic rings. The van der Waals surface area contributed by atoms with Gasteiger partial charge in [0.2, 0.25) is 0 Å². The first-order chi connectivity index (χ1) is 6.79. The summed E-state index contributed by atoms with van der Waals surface area (Å²) >= 11 is 0.